The van der Waals surface area contributed by atoms with Crippen molar-refractivity contribution in [2.75, 3.05) is 6.54 Å². The summed E-state index contributed by atoms with van der Waals surface area (Å²) in [7, 11) is 4.82. The molecule has 8 heteroatoms. The van der Waals surface area contributed by atoms with Crippen LogP contribution in [0.4, 0.5) is 0 Å². The van der Waals surface area contributed by atoms with E-state index >= 15 is 0 Å². The van der Waals surface area contributed by atoms with E-state index in [2.05, 4.69) is 24.2 Å². The standard InChI is InChI=1S/C6H15N2O3P3/c9-6(10-12)5-2-1-4(3-7-5)8-11-14-13/h4-5,7-8,14H,1-3,12-13H2/t4-,5+/m1/s1. The van der Waals surface area contributed by atoms with Crippen LogP contribution in [0.2, 0.25) is 0 Å². The van der Waals surface area contributed by atoms with Crippen LogP contribution in [-0.2, 0) is 13.9 Å². The lowest BCUT2D eigenvalue weighted by atomic mass is 10.0. The molecule has 1 aliphatic heterocycles. The van der Waals surface area contributed by atoms with Crippen molar-refractivity contribution in [1.82, 2.24) is 10.8 Å². The van der Waals surface area contributed by atoms with Crippen LogP contribution in [-0.4, -0.2) is 24.6 Å². The zero-order valence-electron chi connectivity index (χ0n) is 7.66. The summed E-state index contributed by atoms with van der Waals surface area (Å²) in [5, 5.41) is 3.09. The summed E-state index contributed by atoms with van der Waals surface area (Å²) in [6.45, 7) is 0.722. The normalized spacial score (nSPS) is 28.1. The molecular weight excluding hydrogens is 241 g/mol. The SMILES string of the molecule is O=C(OP)[C@@H]1CC[C@@H](NOPP)CN1. The molecule has 0 aromatic carbocycles. The first kappa shape index (κ1) is 12.7. The number of hydroxylamine groups is 1. The Morgan fingerprint density at radius 3 is 2.86 bits per heavy atom. The van der Waals surface area contributed by atoms with Gasteiger partial charge in [0.15, 0.2) is 0 Å². The minimum Gasteiger partial charge on any atom is -0.450 e. The van der Waals surface area contributed by atoms with E-state index in [1.807, 2.05) is 9.47 Å². The van der Waals surface area contributed by atoms with E-state index in [1.54, 1.807) is 0 Å². The van der Waals surface area contributed by atoms with Crippen molar-refractivity contribution < 1.29 is 13.9 Å². The molecule has 0 spiro atoms. The molecule has 1 fully saturated rings. The molecular formula is C6H15N2O3P3. The van der Waals surface area contributed by atoms with Gasteiger partial charge in [-0.25, -0.2) is 0 Å². The lowest BCUT2D eigenvalue weighted by molar-refractivity contribution is -0.136. The van der Waals surface area contributed by atoms with Gasteiger partial charge in [-0.2, -0.15) is 5.48 Å². The number of nitrogens with one attached hydrogen (secondary N) is 2. The highest BCUT2D eigenvalue weighted by atomic mass is 32.0. The minimum absolute atomic E-state index is 0.177. The molecule has 14 heavy (non-hydrogen) atoms. The van der Waals surface area contributed by atoms with E-state index < -0.39 is 0 Å². The van der Waals surface area contributed by atoms with Gasteiger partial charge in [0, 0.05) is 12.6 Å². The Morgan fingerprint density at radius 2 is 2.36 bits per heavy atom. The largest absolute Gasteiger partial charge is 0.450 e. The van der Waals surface area contributed by atoms with Gasteiger partial charge in [-0.05, 0) is 12.8 Å². The van der Waals surface area contributed by atoms with Crippen LogP contribution in [0, 0.1) is 0 Å². The van der Waals surface area contributed by atoms with Crippen LogP contribution in [0.25, 0.3) is 0 Å². The highest BCUT2D eigenvalue weighted by Crippen LogP contribution is 2.20. The Balaban J connectivity index is 2.20. The molecule has 1 heterocycles. The van der Waals surface area contributed by atoms with Crippen molar-refractivity contribution in [1.29, 1.82) is 0 Å². The molecule has 0 bridgehead atoms. The molecule has 0 saturated carbocycles. The number of carbonyl (C=O) groups excluding carboxylic acids is 1. The fourth-order valence-electron chi connectivity index (χ4n) is 1.36. The molecule has 0 aromatic rings. The van der Waals surface area contributed by atoms with Crippen LogP contribution in [0.15, 0.2) is 0 Å². The average molecular weight is 256 g/mol. The number of carbonyl (C=O) groups is 1. The molecule has 1 aliphatic rings. The molecule has 0 aromatic heterocycles. The van der Waals surface area contributed by atoms with E-state index in [4.69, 9.17) is 4.62 Å². The zero-order chi connectivity index (χ0) is 10.4. The lowest BCUT2D eigenvalue weighted by Crippen LogP contribution is -2.50. The van der Waals surface area contributed by atoms with E-state index in [0.717, 1.165) is 19.4 Å². The Morgan fingerprint density at radius 1 is 1.57 bits per heavy atom. The van der Waals surface area contributed by atoms with E-state index in [0.29, 0.717) is 8.50 Å². The molecule has 3 unspecified atom stereocenters. The van der Waals surface area contributed by atoms with Gasteiger partial charge >= 0.3 is 5.97 Å². The number of piperidine rings is 1. The smallest absolute Gasteiger partial charge is 0.325 e. The van der Waals surface area contributed by atoms with E-state index in [1.165, 1.54) is 0 Å². The molecule has 5 nitrogen and oxygen atoms in total. The van der Waals surface area contributed by atoms with Gasteiger partial charge in [0.25, 0.3) is 0 Å². The van der Waals surface area contributed by atoms with Gasteiger partial charge < -0.3 is 9.84 Å². The third kappa shape index (κ3) is 4.02. The van der Waals surface area contributed by atoms with E-state index in [-0.39, 0.29) is 18.1 Å². The van der Waals surface area contributed by atoms with Crippen LogP contribution in [0.3, 0.4) is 0 Å². The van der Waals surface area contributed by atoms with Crippen LogP contribution in [0.5, 0.6) is 0 Å². The first-order chi connectivity index (χ1) is 6.77. The second kappa shape index (κ2) is 7.00. The molecule has 5 atom stereocenters. The molecule has 0 radical (unpaired) electrons. The summed E-state index contributed by atoms with van der Waals surface area (Å²) < 4.78 is 9.64. The summed E-state index contributed by atoms with van der Waals surface area (Å²) in [6, 6.07) is 0.0978. The predicted molar refractivity (Wildman–Crippen MR) is 62.9 cm³/mol. The third-order valence-electron chi connectivity index (χ3n) is 2.10. The Labute approximate surface area is 89.6 Å². The van der Waals surface area contributed by atoms with Crippen molar-refractivity contribution in [3.63, 3.8) is 0 Å². The van der Waals surface area contributed by atoms with Crippen molar-refractivity contribution >= 4 is 32.9 Å². The Bertz CT molecular complexity index is 187. The monoisotopic (exact) mass is 256 g/mol. The number of hydrogen-bond acceptors (Lipinski definition) is 5. The summed E-state index contributed by atoms with van der Waals surface area (Å²) in [6.07, 6.45) is 1.68. The average Bonchev–Trinajstić information content (AvgIpc) is 2.26. The van der Waals surface area contributed by atoms with Crippen molar-refractivity contribution in [2.45, 2.75) is 24.9 Å². The summed E-state index contributed by atoms with van der Waals surface area (Å²) >= 11 is 0. The second-order valence-electron chi connectivity index (χ2n) is 3.01. The van der Waals surface area contributed by atoms with Gasteiger partial charge in [0.1, 0.15) is 6.04 Å². The molecule has 82 valence electrons. The van der Waals surface area contributed by atoms with Gasteiger partial charge in [0.05, 0.1) is 18.0 Å². The van der Waals surface area contributed by atoms with Crippen molar-refractivity contribution in [3.05, 3.63) is 0 Å². The molecule has 2 N–H and O–H groups in total. The zero-order valence-corrected chi connectivity index (χ0v) is 11.0. The maximum Gasteiger partial charge on any atom is 0.325 e. The van der Waals surface area contributed by atoms with Gasteiger partial charge in [-0.15, -0.1) is 0 Å². The third-order valence-corrected chi connectivity index (χ3v) is 2.92. The summed E-state index contributed by atoms with van der Waals surface area (Å²) in [4.78, 5) is 11.1. The predicted octanol–water partition coefficient (Wildman–Crippen LogP) is 0.345. The first-order valence-corrected chi connectivity index (χ1v) is 7.47. The maximum atomic E-state index is 11.1. The Hall–Kier alpha value is 0.640. The van der Waals surface area contributed by atoms with E-state index in [9.17, 15) is 4.79 Å². The fraction of sp³-hybridized carbons (Fsp3) is 0.833. The topological polar surface area (TPSA) is 59.6 Å². The molecule has 1 saturated heterocycles. The highest BCUT2D eigenvalue weighted by Gasteiger charge is 2.26. The first-order valence-electron chi connectivity index (χ1n) is 4.29. The summed E-state index contributed by atoms with van der Waals surface area (Å²) in [5.41, 5.74) is 2.92. The van der Waals surface area contributed by atoms with Crippen LogP contribution in [0.1, 0.15) is 12.8 Å². The maximum absolute atomic E-state index is 11.1. The van der Waals surface area contributed by atoms with Gasteiger partial charge in [0.2, 0.25) is 0 Å². The van der Waals surface area contributed by atoms with Gasteiger partial charge in [-0.1, -0.05) is 8.93 Å². The molecule has 1 rings (SSSR count). The number of hydrogen-bond donors (Lipinski definition) is 2. The molecule has 0 amide bonds. The van der Waals surface area contributed by atoms with Gasteiger partial charge in [-0.3, -0.25) is 9.42 Å². The fourth-order valence-corrected chi connectivity index (χ4v) is 1.96. The lowest BCUT2D eigenvalue weighted by Gasteiger charge is -2.28. The van der Waals surface area contributed by atoms with Crippen LogP contribution < -0.4 is 10.8 Å². The molecule has 0 aliphatic carbocycles. The summed E-state index contributed by atoms with van der Waals surface area (Å²) in [5.74, 6) is -0.220. The minimum atomic E-state index is -0.220. The Kier molecular flexibility index (Phi) is 6.36. The van der Waals surface area contributed by atoms with Crippen molar-refractivity contribution in [2.24, 2.45) is 0 Å². The quantitative estimate of drug-likeness (QED) is 0.561. The number of rotatable bonds is 4. The van der Waals surface area contributed by atoms with Crippen LogP contribution >= 0.6 is 26.9 Å². The van der Waals surface area contributed by atoms with Crippen molar-refractivity contribution in [3.8, 4) is 0 Å². The second-order valence-corrected chi connectivity index (χ2v) is 4.39. The highest BCUT2D eigenvalue weighted by molar-refractivity contribution is 8.00.